The molecule has 0 saturated heterocycles. The molecule has 3 heteroatoms. The van der Waals surface area contributed by atoms with Crippen molar-refractivity contribution in [1.82, 2.24) is 9.78 Å². The van der Waals surface area contributed by atoms with Crippen LogP contribution in [0.25, 0.3) is 6.08 Å². The van der Waals surface area contributed by atoms with Crippen LogP contribution in [0, 0.1) is 0 Å². The van der Waals surface area contributed by atoms with Crippen LogP contribution in [-0.4, -0.2) is 9.78 Å². The SMILES string of the molecule is CC/C=C/c1c(N)cnn1C. The molecule has 0 bridgehead atoms. The number of allylic oxidation sites excluding steroid dienone is 1. The van der Waals surface area contributed by atoms with Gasteiger partial charge in [-0.15, -0.1) is 0 Å². The Morgan fingerprint density at radius 3 is 2.91 bits per heavy atom. The van der Waals surface area contributed by atoms with Crippen LogP contribution >= 0.6 is 0 Å². The van der Waals surface area contributed by atoms with Gasteiger partial charge in [0.1, 0.15) is 0 Å². The molecule has 1 rings (SSSR count). The summed E-state index contributed by atoms with van der Waals surface area (Å²) in [6.07, 6.45) is 6.73. The summed E-state index contributed by atoms with van der Waals surface area (Å²) in [6.45, 7) is 2.09. The Kier molecular flexibility index (Phi) is 2.31. The van der Waals surface area contributed by atoms with E-state index in [9.17, 15) is 0 Å². The van der Waals surface area contributed by atoms with Gasteiger partial charge in [-0.3, -0.25) is 4.68 Å². The molecule has 0 fully saturated rings. The van der Waals surface area contributed by atoms with Crippen molar-refractivity contribution < 1.29 is 0 Å². The number of nitrogens with two attached hydrogens (primary N) is 1. The van der Waals surface area contributed by atoms with E-state index in [1.807, 2.05) is 13.1 Å². The van der Waals surface area contributed by atoms with Crippen LogP contribution in [0.4, 0.5) is 5.69 Å². The molecule has 0 amide bonds. The fraction of sp³-hybridized carbons (Fsp3) is 0.375. The second-order valence-corrected chi connectivity index (χ2v) is 2.42. The van der Waals surface area contributed by atoms with Crippen LogP contribution < -0.4 is 5.73 Å². The van der Waals surface area contributed by atoms with E-state index in [4.69, 9.17) is 5.73 Å². The van der Waals surface area contributed by atoms with Crippen molar-refractivity contribution in [3.8, 4) is 0 Å². The first-order chi connectivity index (χ1) is 5.25. The summed E-state index contributed by atoms with van der Waals surface area (Å²) in [4.78, 5) is 0. The molecule has 3 nitrogen and oxygen atoms in total. The highest BCUT2D eigenvalue weighted by Crippen LogP contribution is 2.10. The molecule has 0 atom stereocenters. The van der Waals surface area contributed by atoms with Crippen LogP contribution in [0.2, 0.25) is 0 Å². The minimum Gasteiger partial charge on any atom is -0.396 e. The van der Waals surface area contributed by atoms with Gasteiger partial charge in [-0.2, -0.15) is 5.10 Å². The van der Waals surface area contributed by atoms with E-state index in [-0.39, 0.29) is 0 Å². The van der Waals surface area contributed by atoms with Crippen LogP contribution in [0.5, 0.6) is 0 Å². The normalized spacial score (nSPS) is 11.1. The lowest BCUT2D eigenvalue weighted by atomic mass is 10.3. The minimum atomic E-state index is 0.734. The number of anilines is 1. The van der Waals surface area contributed by atoms with Crippen LogP contribution in [0.15, 0.2) is 12.3 Å². The quantitative estimate of drug-likeness (QED) is 0.694. The van der Waals surface area contributed by atoms with Crippen molar-refractivity contribution in [1.29, 1.82) is 0 Å². The maximum absolute atomic E-state index is 5.65. The lowest BCUT2D eigenvalue weighted by molar-refractivity contribution is 0.759. The molecule has 1 aromatic rings. The van der Waals surface area contributed by atoms with Gasteiger partial charge in [0, 0.05) is 7.05 Å². The molecule has 0 aliphatic rings. The monoisotopic (exact) mass is 151 g/mol. The largest absolute Gasteiger partial charge is 0.396 e. The molecule has 0 saturated carbocycles. The molecule has 0 unspecified atom stereocenters. The molecular formula is C8H13N3. The Balaban J connectivity index is 2.92. The number of nitrogen functional groups attached to an aromatic ring is 1. The number of hydrogen-bond donors (Lipinski definition) is 1. The predicted molar refractivity (Wildman–Crippen MR) is 46.9 cm³/mol. The molecule has 11 heavy (non-hydrogen) atoms. The van der Waals surface area contributed by atoms with Gasteiger partial charge in [0.15, 0.2) is 0 Å². The Morgan fingerprint density at radius 2 is 2.45 bits per heavy atom. The van der Waals surface area contributed by atoms with E-state index in [1.54, 1.807) is 10.9 Å². The molecule has 60 valence electrons. The van der Waals surface area contributed by atoms with Crippen molar-refractivity contribution in [2.24, 2.45) is 7.05 Å². The lowest BCUT2D eigenvalue weighted by Crippen LogP contribution is -1.94. The fourth-order valence-corrected chi connectivity index (χ4v) is 0.898. The molecular weight excluding hydrogens is 138 g/mol. The first-order valence-corrected chi connectivity index (χ1v) is 3.69. The van der Waals surface area contributed by atoms with E-state index in [0.717, 1.165) is 17.8 Å². The zero-order valence-corrected chi connectivity index (χ0v) is 6.91. The van der Waals surface area contributed by atoms with E-state index in [0.29, 0.717) is 0 Å². The summed E-state index contributed by atoms with van der Waals surface area (Å²) in [5.41, 5.74) is 7.36. The second-order valence-electron chi connectivity index (χ2n) is 2.42. The van der Waals surface area contributed by atoms with Gasteiger partial charge < -0.3 is 5.73 Å². The average molecular weight is 151 g/mol. The number of nitrogens with zero attached hydrogens (tertiary/aromatic N) is 2. The van der Waals surface area contributed by atoms with Gasteiger partial charge in [0.25, 0.3) is 0 Å². The van der Waals surface area contributed by atoms with Crippen LogP contribution in [0.3, 0.4) is 0 Å². The van der Waals surface area contributed by atoms with Crippen molar-refractivity contribution in [2.75, 3.05) is 5.73 Å². The van der Waals surface area contributed by atoms with Gasteiger partial charge in [0.2, 0.25) is 0 Å². The Hall–Kier alpha value is -1.25. The predicted octanol–water partition coefficient (Wildman–Crippen LogP) is 1.43. The summed E-state index contributed by atoms with van der Waals surface area (Å²) in [7, 11) is 1.88. The molecule has 0 radical (unpaired) electrons. The Labute approximate surface area is 66.5 Å². The van der Waals surface area contributed by atoms with Gasteiger partial charge in [-0.05, 0) is 12.5 Å². The molecule has 0 spiro atoms. The van der Waals surface area contributed by atoms with E-state index >= 15 is 0 Å². The van der Waals surface area contributed by atoms with Crippen molar-refractivity contribution >= 4 is 11.8 Å². The lowest BCUT2D eigenvalue weighted by Gasteiger charge is -1.94. The van der Waals surface area contributed by atoms with Gasteiger partial charge >= 0.3 is 0 Å². The molecule has 1 aromatic heterocycles. The second kappa shape index (κ2) is 3.23. The summed E-state index contributed by atoms with van der Waals surface area (Å²) < 4.78 is 1.77. The molecule has 0 aliphatic carbocycles. The van der Waals surface area contributed by atoms with E-state index < -0.39 is 0 Å². The highest BCUT2D eigenvalue weighted by atomic mass is 15.3. The van der Waals surface area contributed by atoms with Crippen LogP contribution in [-0.2, 0) is 7.05 Å². The topological polar surface area (TPSA) is 43.8 Å². The maximum Gasteiger partial charge on any atom is 0.0833 e. The zero-order valence-electron chi connectivity index (χ0n) is 6.91. The van der Waals surface area contributed by atoms with Gasteiger partial charge in [-0.1, -0.05) is 13.0 Å². The van der Waals surface area contributed by atoms with Crippen molar-refractivity contribution in [3.63, 3.8) is 0 Å². The minimum absolute atomic E-state index is 0.734. The third-order valence-corrected chi connectivity index (χ3v) is 1.53. The summed E-state index contributed by atoms with van der Waals surface area (Å²) >= 11 is 0. The summed E-state index contributed by atoms with van der Waals surface area (Å²) in [5.74, 6) is 0. The molecule has 1 heterocycles. The van der Waals surface area contributed by atoms with E-state index in [1.165, 1.54) is 0 Å². The number of aryl methyl sites for hydroxylation is 1. The van der Waals surface area contributed by atoms with Crippen molar-refractivity contribution in [3.05, 3.63) is 18.0 Å². The Morgan fingerprint density at radius 1 is 1.73 bits per heavy atom. The first kappa shape index (κ1) is 7.85. The van der Waals surface area contributed by atoms with Crippen LogP contribution in [0.1, 0.15) is 19.0 Å². The summed E-state index contributed by atoms with van der Waals surface area (Å²) in [5, 5.41) is 4.01. The highest BCUT2D eigenvalue weighted by molar-refractivity contribution is 5.59. The Bertz CT molecular complexity index is 241. The number of aromatic nitrogens is 2. The highest BCUT2D eigenvalue weighted by Gasteiger charge is 1.98. The maximum atomic E-state index is 5.65. The summed E-state index contributed by atoms with van der Waals surface area (Å²) in [6, 6.07) is 0. The number of hydrogen-bond acceptors (Lipinski definition) is 2. The molecule has 0 aromatic carbocycles. The van der Waals surface area contributed by atoms with Crippen molar-refractivity contribution in [2.45, 2.75) is 13.3 Å². The standard InChI is InChI=1S/C8H13N3/c1-3-4-5-8-7(9)6-10-11(8)2/h4-6H,3,9H2,1-2H3/b5-4+. The fourth-order valence-electron chi connectivity index (χ4n) is 0.898. The third kappa shape index (κ3) is 1.61. The smallest absolute Gasteiger partial charge is 0.0833 e. The third-order valence-electron chi connectivity index (χ3n) is 1.53. The molecule has 2 N–H and O–H groups in total. The average Bonchev–Trinajstić information content (AvgIpc) is 2.29. The van der Waals surface area contributed by atoms with E-state index in [2.05, 4.69) is 18.1 Å². The molecule has 0 aliphatic heterocycles. The van der Waals surface area contributed by atoms with Gasteiger partial charge in [-0.25, -0.2) is 0 Å². The van der Waals surface area contributed by atoms with Gasteiger partial charge in [0.05, 0.1) is 17.6 Å². The number of rotatable bonds is 2. The first-order valence-electron chi connectivity index (χ1n) is 3.69. The zero-order chi connectivity index (χ0) is 8.27.